The number of benzene rings is 1. The van der Waals surface area contributed by atoms with Gasteiger partial charge in [0.2, 0.25) is 0 Å². The van der Waals surface area contributed by atoms with E-state index in [0.717, 1.165) is 24.3 Å². The standard InChI is InChI=1S/C15H23ClO2/c1-11(2)6-4-3-5-7-12-8-13(10-17)15(18)14(16)9-12/h8-9,11,17-18H,3-7,10H2,1-2H3. The molecule has 0 saturated heterocycles. The Bertz CT molecular complexity index is 375. The van der Waals surface area contributed by atoms with Gasteiger partial charge in [-0.1, -0.05) is 44.7 Å². The minimum absolute atomic E-state index is 0.00252. The Balaban J connectivity index is 2.45. The summed E-state index contributed by atoms with van der Waals surface area (Å²) < 4.78 is 0. The van der Waals surface area contributed by atoms with E-state index in [0.29, 0.717) is 10.6 Å². The largest absolute Gasteiger partial charge is 0.506 e. The lowest BCUT2D eigenvalue weighted by Gasteiger charge is -2.08. The first kappa shape index (κ1) is 15.3. The molecule has 2 N–H and O–H groups in total. The van der Waals surface area contributed by atoms with Gasteiger partial charge in [-0.2, -0.15) is 0 Å². The van der Waals surface area contributed by atoms with Gasteiger partial charge < -0.3 is 10.2 Å². The maximum absolute atomic E-state index is 9.60. The van der Waals surface area contributed by atoms with E-state index < -0.39 is 0 Å². The maximum atomic E-state index is 9.60. The quantitative estimate of drug-likeness (QED) is 0.726. The van der Waals surface area contributed by atoms with Gasteiger partial charge in [0.05, 0.1) is 11.6 Å². The normalized spacial score (nSPS) is 11.2. The molecule has 0 fully saturated rings. The molecule has 0 spiro atoms. The number of hydrogen-bond acceptors (Lipinski definition) is 2. The van der Waals surface area contributed by atoms with Crippen molar-refractivity contribution in [3.63, 3.8) is 0 Å². The molecule has 0 amide bonds. The summed E-state index contributed by atoms with van der Waals surface area (Å²) >= 11 is 5.92. The van der Waals surface area contributed by atoms with E-state index in [-0.39, 0.29) is 12.4 Å². The van der Waals surface area contributed by atoms with Crippen molar-refractivity contribution in [2.24, 2.45) is 5.92 Å². The highest BCUT2D eigenvalue weighted by molar-refractivity contribution is 6.32. The third-order valence-electron chi connectivity index (χ3n) is 3.12. The van der Waals surface area contributed by atoms with Crippen LogP contribution >= 0.6 is 11.6 Å². The molecule has 2 nitrogen and oxygen atoms in total. The van der Waals surface area contributed by atoms with Crippen LogP contribution in [0.1, 0.15) is 50.7 Å². The van der Waals surface area contributed by atoms with Gasteiger partial charge in [0, 0.05) is 5.56 Å². The van der Waals surface area contributed by atoms with Crippen molar-refractivity contribution in [1.29, 1.82) is 0 Å². The van der Waals surface area contributed by atoms with Crippen molar-refractivity contribution in [2.45, 2.75) is 52.6 Å². The van der Waals surface area contributed by atoms with Crippen LogP contribution in [0.15, 0.2) is 12.1 Å². The van der Waals surface area contributed by atoms with Crippen LogP contribution in [0.25, 0.3) is 0 Å². The summed E-state index contributed by atoms with van der Waals surface area (Å²) in [5.41, 5.74) is 1.60. The molecule has 0 bridgehead atoms. The molecule has 0 aromatic heterocycles. The molecule has 1 aromatic rings. The first-order chi connectivity index (χ1) is 8.54. The van der Waals surface area contributed by atoms with Crippen molar-refractivity contribution < 1.29 is 10.2 Å². The van der Waals surface area contributed by atoms with Crippen molar-refractivity contribution in [1.82, 2.24) is 0 Å². The maximum Gasteiger partial charge on any atom is 0.139 e. The predicted octanol–water partition coefficient (Wildman–Crippen LogP) is 4.30. The monoisotopic (exact) mass is 270 g/mol. The van der Waals surface area contributed by atoms with E-state index >= 15 is 0 Å². The number of aryl methyl sites for hydroxylation is 1. The van der Waals surface area contributed by atoms with Gasteiger partial charge in [0.25, 0.3) is 0 Å². The van der Waals surface area contributed by atoms with Crippen molar-refractivity contribution in [3.8, 4) is 5.75 Å². The SMILES string of the molecule is CC(C)CCCCCc1cc(Cl)c(O)c(CO)c1. The zero-order valence-electron chi connectivity index (χ0n) is 11.2. The van der Waals surface area contributed by atoms with Crippen LogP contribution in [-0.4, -0.2) is 10.2 Å². The van der Waals surface area contributed by atoms with E-state index in [9.17, 15) is 5.11 Å². The molecule has 0 heterocycles. The molecule has 0 atom stereocenters. The van der Waals surface area contributed by atoms with E-state index in [1.54, 1.807) is 6.07 Å². The molecular formula is C15H23ClO2. The van der Waals surface area contributed by atoms with E-state index in [1.165, 1.54) is 19.3 Å². The fraction of sp³-hybridized carbons (Fsp3) is 0.600. The number of aromatic hydroxyl groups is 1. The molecule has 3 heteroatoms. The van der Waals surface area contributed by atoms with Gasteiger partial charge >= 0.3 is 0 Å². The van der Waals surface area contributed by atoms with Crippen molar-refractivity contribution >= 4 is 11.6 Å². The van der Waals surface area contributed by atoms with Gasteiger partial charge in [-0.15, -0.1) is 0 Å². The van der Waals surface area contributed by atoms with Gasteiger partial charge in [0.1, 0.15) is 5.75 Å². The van der Waals surface area contributed by atoms with E-state index in [2.05, 4.69) is 13.8 Å². The molecular weight excluding hydrogens is 248 g/mol. The number of aliphatic hydroxyl groups is 1. The fourth-order valence-electron chi connectivity index (χ4n) is 2.04. The Morgan fingerprint density at radius 2 is 1.89 bits per heavy atom. The van der Waals surface area contributed by atoms with Crippen LogP contribution in [-0.2, 0) is 13.0 Å². The molecule has 0 aliphatic carbocycles. The lowest BCUT2D eigenvalue weighted by molar-refractivity contribution is 0.275. The van der Waals surface area contributed by atoms with Crippen LogP contribution < -0.4 is 0 Å². The summed E-state index contributed by atoms with van der Waals surface area (Å²) in [7, 11) is 0. The third kappa shape index (κ3) is 4.87. The first-order valence-electron chi connectivity index (χ1n) is 6.65. The summed E-state index contributed by atoms with van der Waals surface area (Å²) in [5, 5.41) is 19.1. The first-order valence-corrected chi connectivity index (χ1v) is 7.03. The third-order valence-corrected chi connectivity index (χ3v) is 3.41. The lowest BCUT2D eigenvalue weighted by atomic mass is 10.0. The Hall–Kier alpha value is -0.730. The Morgan fingerprint density at radius 3 is 2.50 bits per heavy atom. The van der Waals surface area contributed by atoms with Crippen LogP contribution in [0.3, 0.4) is 0 Å². The second kappa shape index (κ2) is 7.65. The van der Waals surface area contributed by atoms with E-state index in [1.807, 2.05) is 6.07 Å². The number of halogens is 1. The van der Waals surface area contributed by atoms with Gasteiger partial charge in [-0.25, -0.2) is 0 Å². The van der Waals surface area contributed by atoms with Crippen LogP contribution in [0, 0.1) is 5.92 Å². The minimum Gasteiger partial charge on any atom is -0.506 e. The molecule has 1 aromatic carbocycles. The molecule has 18 heavy (non-hydrogen) atoms. The van der Waals surface area contributed by atoms with Gasteiger partial charge in [-0.3, -0.25) is 0 Å². The minimum atomic E-state index is -0.174. The van der Waals surface area contributed by atoms with Crippen LogP contribution in [0.2, 0.25) is 5.02 Å². The number of rotatable bonds is 7. The molecule has 0 aliphatic heterocycles. The second-order valence-electron chi connectivity index (χ2n) is 5.24. The molecule has 1 rings (SSSR count). The Kier molecular flexibility index (Phi) is 6.51. The average molecular weight is 271 g/mol. The number of aliphatic hydroxyl groups excluding tert-OH is 1. The number of phenols is 1. The molecule has 0 unspecified atom stereocenters. The lowest BCUT2D eigenvalue weighted by Crippen LogP contribution is -1.93. The molecule has 0 radical (unpaired) electrons. The molecule has 0 saturated carbocycles. The highest BCUT2D eigenvalue weighted by Crippen LogP contribution is 2.29. The Morgan fingerprint density at radius 1 is 1.17 bits per heavy atom. The summed E-state index contributed by atoms with van der Waals surface area (Å²) in [5.74, 6) is 0.775. The highest BCUT2D eigenvalue weighted by Gasteiger charge is 2.07. The van der Waals surface area contributed by atoms with Crippen LogP contribution in [0.5, 0.6) is 5.75 Å². The highest BCUT2D eigenvalue weighted by atomic mass is 35.5. The predicted molar refractivity (Wildman–Crippen MR) is 76.0 cm³/mol. The van der Waals surface area contributed by atoms with E-state index in [4.69, 9.17) is 16.7 Å². The van der Waals surface area contributed by atoms with Crippen molar-refractivity contribution in [2.75, 3.05) is 0 Å². The summed E-state index contributed by atoms with van der Waals surface area (Å²) in [6.07, 6.45) is 5.82. The number of hydrogen-bond donors (Lipinski definition) is 2. The summed E-state index contributed by atoms with van der Waals surface area (Å²) in [6.45, 7) is 4.31. The summed E-state index contributed by atoms with van der Waals surface area (Å²) in [4.78, 5) is 0. The zero-order valence-corrected chi connectivity index (χ0v) is 12.0. The average Bonchev–Trinajstić information content (AvgIpc) is 2.32. The van der Waals surface area contributed by atoms with Crippen LogP contribution in [0.4, 0.5) is 0 Å². The topological polar surface area (TPSA) is 40.5 Å². The molecule has 0 aliphatic rings. The zero-order chi connectivity index (χ0) is 13.5. The van der Waals surface area contributed by atoms with Gasteiger partial charge in [-0.05, 0) is 36.5 Å². The number of unbranched alkanes of at least 4 members (excludes halogenated alkanes) is 2. The van der Waals surface area contributed by atoms with Gasteiger partial charge in [0.15, 0.2) is 0 Å². The molecule has 102 valence electrons. The second-order valence-corrected chi connectivity index (χ2v) is 5.64. The van der Waals surface area contributed by atoms with Crippen molar-refractivity contribution in [3.05, 3.63) is 28.3 Å². The Labute approximate surface area is 115 Å². The fourth-order valence-corrected chi connectivity index (χ4v) is 2.30. The smallest absolute Gasteiger partial charge is 0.139 e. The summed E-state index contributed by atoms with van der Waals surface area (Å²) in [6, 6.07) is 3.63.